The van der Waals surface area contributed by atoms with Gasteiger partial charge in [-0.15, -0.1) is 0 Å². The maximum absolute atomic E-state index is 12.9. The summed E-state index contributed by atoms with van der Waals surface area (Å²) in [6, 6.07) is 21.9. The first-order chi connectivity index (χ1) is 20.3. The molecule has 0 spiro atoms. The molecule has 5 rings (SSSR count). The summed E-state index contributed by atoms with van der Waals surface area (Å²) >= 11 is 0. The topological polar surface area (TPSA) is 84.8 Å². The lowest BCUT2D eigenvalue weighted by Crippen LogP contribution is -2.24. The molecule has 0 aliphatic rings. The maximum Gasteiger partial charge on any atom is 0.407 e. The number of aryl methyl sites for hydroxylation is 1. The number of rotatable bonds is 9. The van der Waals surface area contributed by atoms with Crippen LogP contribution in [-0.2, 0) is 30.9 Å². The predicted octanol–water partition coefficient (Wildman–Crippen LogP) is 7.47. The molecule has 0 bridgehead atoms. The zero-order chi connectivity index (χ0) is 29.9. The van der Waals surface area contributed by atoms with Gasteiger partial charge in [0.05, 0.1) is 24.1 Å². The van der Waals surface area contributed by atoms with Crippen LogP contribution in [0.25, 0.3) is 22.5 Å². The SMILES string of the molecule is C=C(C)Cn1cc(-c2ccc(F)cc2)nc1CC.O=C(NCc1ncc(-c2ccc(F)cc2)[nH]1)OCc1ccccc1. The largest absolute Gasteiger partial charge is 0.445 e. The fraction of sp³-hybridized carbons (Fsp3) is 0.182. The molecule has 0 atom stereocenters. The number of aromatic amines is 1. The fourth-order valence-corrected chi connectivity index (χ4v) is 4.08. The highest BCUT2D eigenvalue weighted by Crippen LogP contribution is 2.20. The zero-order valence-corrected chi connectivity index (χ0v) is 23.6. The second-order valence-electron chi connectivity index (χ2n) is 9.65. The molecule has 5 aromatic rings. The number of benzene rings is 3. The van der Waals surface area contributed by atoms with Crippen molar-refractivity contribution in [3.05, 3.63) is 132 Å². The Morgan fingerprint density at radius 3 is 2.24 bits per heavy atom. The van der Waals surface area contributed by atoms with Gasteiger partial charge in [0.2, 0.25) is 0 Å². The van der Waals surface area contributed by atoms with Crippen LogP contribution in [0.3, 0.4) is 0 Å². The summed E-state index contributed by atoms with van der Waals surface area (Å²) in [6.45, 7) is 9.20. The van der Waals surface area contributed by atoms with E-state index in [2.05, 4.69) is 38.3 Å². The Labute approximate surface area is 243 Å². The molecule has 42 heavy (non-hydrogen) atoms. The first-order valence-electron chi connectivity index (χ1n) is 13.5. The van der Waals surface area contributed by atoms with E-state index in [0.29, 0.717) is 5.82 Å². The molecule has 0 aliphatic carbocycles. The van der Waals surface area contributed by atoms with Crippen molar-refractivity contribution in [1.29, 1.82) is 0 Å². The van der Waals surface area contributed by atoms with Gasteiger partial charge in [0, 0.05) is 24.7 Å². The number of halogens is 2. The van der Waals surface area contributed by atoms with Gasteiger partial charge in [0.1, 0.15) is 29.9 Å². The summed E-state index contributed by atoms with van der Waals surface area (Å²) in [4.78, 5) is 23.5. The minimum Gasteiger partial charge on any atom is -0.445 e. The molecule has 0 unspecified atom stereocenters. The summed E-state index contributed by atoms with van der Waals surface area (Å²) < 4.78 is 33.0. The number of aromatic nitrogens is 4. The first-order valence-corrected chi connectivity index (χ1v) is 13.5. The van der Waals surface area contributed by atoms with Crippen molar-refractivity contribution in [2.24, 2.45) is 0 Å². The zero-order valence-electron chi connectivity index (χ0n) is 23.6. The molecule has 2 N–H and O–H groups in total. The Hall–Kier alpha value is -5.05. The molecule has 0 saturated carbocycles. The third kappa shape index (κ3) is 8.72. The molecular weight excluding hydrogens is 536 g/mol. The van der Waals surface area contributed by atoms with Gasteiger partial charge in [0.25, 0.3) is 0 Å². The number of allylic oxidation sites excluding steroid dienone is 1. The maximum atomic E-state index is 12.9. The lowest BCUT2D eigenvalue weighted by atomic mass is 10.2. The van der Waals surface area contributed by atoms with Crippen molar-refractivity contribution in [2.75, 3.05) is 0 Å². The molecule has 0 radical (unpaired) electrons. The van der Waals surface area contributed by atoms with E-state index in [-0.39, 0.29) is 24.8 Å². The Morgan fingerprint density at radius 2 is 1.62 bits per heavy atom. The standard InChI is InChI=1S/C18H16FN3O2.C15H17FN2/c19-15-8-6-14(7-9-15)16-10-20-17(22-16)11-21-18(23)24-12-13-4-2-1-3-5-13;1-4-15-17-14(10-18(15)9-11(2)3)12-5-7-13(16)8-6-12/h1-10H,11-12H2,(H,20,22)(H,21,23);5-8,10H,2,4,9H2,1,3H3. The number of hydrogen-bond acceptors (Lipinski definition) is 4. The number of nitrogens with zero attached hydrogens (tertiary/aromatic N) is 3. The van der Waals surface area contributed by atoms with Gasteiger partial charge in [0.15, 0.2) is 0 Å². The number of ether oxygens (including phenoxy) is 1. The van der Waals surface area contributed by atoms with Gasteiger partial charge >= 0.3 is 6.09 Å². The summed E-state index contributed by atoms with van der Waals surface area (Å²) in [7, 11) is 0. The number of nitrogens with one attached hydrogen (secondary N) is 2. The first kappa shape index (κ1) is 29.9. The predicted molar refractivity (Wildman–Crippen MR) is 159 cm³/mol. The highest BCUT2D eigenvalue weighted by atomic mass is 19.1. The van der Waals surface area contributed by atoms with Crippen LogP contribution in [-0.4, -0.2) is 25.6 Å². The minimum atomic E-state index is -0.515. The van der Waals surface area contributed by atoms with Crippen LogP contribution in [0.1, 0.15) is 31.1 Å². The van der Waals surface area contributed by atoms with Crippen molar-refractivity contribution >= 4 is 6.09 Å². The molecular formula is C33H33F2N5O2. The third-order valence-corrected chi connectivity index (χ3v) is 6.15. The smallest absolute Gasteiger partial charge is 0.407 e. The fourth-order valence-electron chi connectivity index (χ4n) is 4.08. The summed E-state index contributed by atoms with van der Waals surface area (Å²) in [5.41, 5.74) is 5.41. The molecule has 0 fully saturated rings. The van der Waals surface area contributed by atoms with E-state index in [0.717, 1.165) is 52.4 Å². The van der Waals surface area contributed by atoms with Crippen LogP contribution in [0.4, 0.5) is 13.6 Å². The number of alkyl carbamates (subject to hydrolysis) is 1. The molecule has 9 heteroatoms. The van der Waals surface area contributed by atoms with E-state index in [1.165, 1.54) is 24.3 Å². The van der Waals surface area contributed by atoms with Crippen LogP contribution < -0.4 is 5.32 Å². The Morgan fingerprint density at radius 1 is 0.976 bits per heavy atom. The summed E-state index contributed by atoms with van der Waals surface area (Å²) in [6.07, 6.45) is 3.99. The van der Waals surface area contributed by atoms with E-state index >= 15 is 0 Å². The van der Waals surface area contributed by atoms with Gasteiger partial charge in [-0.1, -0.05) is 49.4 Å². The second-order valence-corrected chi connectivity index (χ2v) is 9.65. The molecule has 0 aliphatic heterocycles. The molecule has 3 aromatic carbocycles. The molecule has 2 aromatic heterocycles. The van der Waals surface area contributed by atoms with Gasteiger partial charge in [-0.05, 0) is 66.6 Å². The van der Waals surface area contributed by atoms with Gasteiger partial charge in [-0.25, -0.2) is 23.5 Å². The van der Waals surface area contributed by atoms with E-state index in [1.807, 2.05) is 43.5 Å². The monoisotopic (exact) mass is 569 g/mol. The quantitative estimate of drug-likeness (QED) is 0.180. The van der Waals surface area contributed by atoms with Crippen molar-refractivity contribution in [2.45, 2.75) is 40.0 Å². The number of carbonyl (C=O) groups is 1. The van der Waals surface area contributed by atoms with Gasteiger partial charge < -0.3 is 19.6 Å². The van der Waals surface area contributed by atoms with E-state index < -0.39 is 6.09 Å². The lowest BCUT2D eigenvalue weighted by Gasteiger charge is -2.05. The number of amides is 1. The Kier molecular flexibility index (Phi) is 10.4. The summed E-state index contributed by atoms with van der Waals surface area (Å²) in [5.74, 6) is 1.10. The third-order valence-electron chi connectivity index (χ3n) is 6.15. The summed E-state index contributed by atoms with van der Waals surface area (Å²) in [5, 5.41) is 2.63. The normalized spacial score (nSPS) is 10.5. The van der Waals surface area contributed by atoms with Crippen LogP contribution in [0.15, 0.2) is 103 Å². The Balaban J connectivity index is 0.000000201. The molecule has 216 valence electrons. The average Bonchev–Trinajstić information content (AvgIpc) is 3.63. The number of carbonyl (C=O) groups excluding carboxylic acids is 1. The number of hydrogen-bond donors (Lipinski definition) is 2. The molecule has 7 nitrogen and oxygen atoms in total. The molecule has 1 amide bonds. The van der Waals surface area contributed by atoms with Crippen LogP contribution >= 0.6 is 0 Å². The molecule has 0 saturated heterocycles. The highest BCUT2D eigenvalue weighted by Gasteiger charge is 2.09. The van der Waals surface area contributed by atoms with E-state index in [9.17, 15) is 13.6 Å². The second kappa shape index (κ2) is 14.5. The van der Waals surface area contributed by atoms with Gasteiger partial charge in [-0.2, -0.15) is 0 Å². The number of H-pyrrole nitrogens is 1. The van der Waals surface area contributed by atoms with Crippen molar-refractivity contribution < 1.29 is 18.3 Å². The average molecular weight is 570 g/mol. The van der Waals surface area contributed by atoms with Gasteiger partial charge in [-0.3, -0.25) is 0 Å². The number of imidazole rings is 2. The van der Waals surface area contributed by atoms with E-state index in [4.69, 9.17) is 4.74 Å². The molecule has 2 heterocycles. The van der Waals surface area contributed by atoms with Crippen molar-refractivity contribution in [3.8, 4) is 22.5 Å². The van der Waals surface area contributed by atoms with Crippen LogP contribution in [0, 0.1) is 11.6 Å². The van der Waals surface area contributed by atoms with Crippen LogP contribution in [0.5, 0.6) is 0 Å². The van der Waals surface area contributed by atoms with Crippen molar-refractivity contribution in [3.63, 3.8) is 0 Å². The lowest BCUT2D eigenvalue weighted by molar-refractivity contribution is 0.139. The minimum absolute atomic E-state index is 0.214. The van der Waals surface area contributed by atoms with Crippen molar-refractivity contribution in [1.82, 2.24) is 24.8 Å². The highest BCUT2D eigenvalue weighted by molar-refractivity contribution is 5.67. The Bertz CT molecular complexity index is 1590. The van der Waals surface area contributed by atoms with Crippen LogP contribution in [0.2, 0.25) is 0 Å². The van der Waals surface area contributed by atoms with E-state index in [1.54, 1.807) is 30.5 Å².